The van der Waals surface area contributed by atoms with Gasteiger partial charge in [0.25, 0.3) is 11.7 Å². The monoisotopic (exact) mass is 512 g/mol. The molecule has 7 heteroatoms. The first-order valence-electron chi connectivity index (χ1n) is 11.0. The van der Waals surface area contributed by atoms with Gasteiger partial charge in [-0.05, 0) is 42.9 Å². The molecule has 0 unspecified atom stereocenters. The summed E-state index contributed by atoms with van der Waals surface area (Å²) in [6.07, 6.45) is 1.66. The molecular formula is C26H29BrN2O4. The number of aliphatic hydroxyl groups excluding tert-OH is 1. The Labute approximate surface area is 203 Å². The van der Waals surface area contributed by atoms with E-state index in [0.717, 1.165) is 23.1 Å². The molecule has 1 saturated heterocycles. The fraction of sp³-hybridized carbons (Fsp3) is 0.308. The van der Waals surface area contributed by atoms with E-state index >= 15 is 0 Å². The molecule has 1 atom stereocenters. The third-order valence-corrected chi connectivity index (χ3v) is 6.30. The second kappa shape index (κ2) is 11.3. The number of carbonyl (C=O) groups is 2. The molecule has 2 aromatic rings. The molecule has 1 aliphatic heterocycles. The number of ketones is 1. The lowest BCUT2D eigenvalue weighted by Gasteiger charge is -2.28. The molecule has 0 saturated carbocycles. The lowest BCUT2D eigenvalue weighted by atomic mass is 9.95. The van der Waals surface area contributed by atoms with Gasteiger partial charge in [-0.1, -0.05) is 66.7 Å². The number of likely N-dealkylation sites (N-methyl/N-ethyl adjacent to an activating group) is 1. The lowest BCUT2D eigenvalue weighted by molar-refractivity contribution is -0.140. The molecule has 33 heavy (non-hydrogen) atoms. The van der Waals surface area contributed by atoms with Gasteiger partial charge in [0.1, 0.15) is 18.1 Å². The Balaban J connectivity index is 2.05. The van der Waals surface area contributed by atoms with Crippen molar-refractivity contribution < 1.29 is 19.4 Å². The average molecular weight is 513 g/mol. The number of benzene rings is 2. The first-order valence-corrected chi connectivity index (χ1v) is 11.8. The van der Waals surface area contributed by atoms with E-state index < -0.39 is 17.7 Å². The minimum Gasteiger partial charge on any atom is -0.507 e. The third kappa shape index (κ3) is 5.54. The van der Waals surface area contributed by atoms with Gasteiger partial charge in [0.05, 0.1) is 11.6 Å². The van der Waals surface area contributed by atoms with E-state index in [4.69, 9.17) is 4.74 Å². The summed E-state index contributed by atoms with van der Waals surface area (Å²) in [5.74, 6) is -0.792. The molecule has 0 aromatic heterocycles. The number of likely N-dealkylation sites (tertiary alicyclic amines) is 1. The highest BCUT2D eigenvalue weighted by Gasteiger charge is 2.45. The number of rotatable bonds is 10. The van der Waals surface area contributed by atoms with Crippen LogP contribution in [-0.4, -0.2) is 59.4 Å². The van der Waals surface area contributed by atoms with E-state index in [2.05, 4.69) is 41.3 Å². The van der Waals surface area contributed by atoms with Crippen LogP contribution in [0.4, 0.5) is 0 Å². The van der Waals surface area contributed by atoms with E-state index in [0.29, 0.717) is 31.0 Å². The van der Waals surface area contributed by atoms with Crippen molar-refractivity contribution in [2.45, 2.75) is 19.9 Å². The van der Waals surface area contributed by atoms with Gasteiger partial charge in [-0.25, -0.2) is 0 Å². The number of nitrogens with zero attached hydrogens (tertiary/aromatic N) is 2. The Morgan fingerprint density at radius 3 is 2.33 bits per heavy atom. The Kier molecular flexibility index (Phi) is 8.47. The second-order valence-corrected chi connectivity index (χ2v) is 8.61. The largest absolute Gasteiger partial charge is 0.507 e. The Hall–Kier alpha value is -2.90. The van der Waals surface area contributed by atoms with E-state index in [1.165, 1.54) is 0 Å². The van der Waals surface area contributed by atoms with Crippen molar-refractivity contribution in [3.05, 3.63) is 82.4 Å². The van der Waals surface area contributed by atoms with Gasteiger partial charge in [-0.3, -0.25) is 9.59 Å². The first kappa shape index (κ1) is 24.7. The fourth-order valence-electron chi connectivity index (χ4n) is 3.91. The molecule has 1 fully saturated rings. The average Bonchev–Trinajstić information content (AvgIpc) is 3.08. The molecule has 0 bridgehead atoms. The van der Waals surface area contributed by atoms with E-state index in [9.17, 15) is 14.7 Å². The van der Waals surface area contributed by atoms with Crippen molar-refractivity contribution in [3.8, 4) is 5.75 Å². The molecule has 1 aliphatic rings. The summed E-state index contributed by atoms with van der Waals surface area (Å²) in [4.78, 5) is 29.9. The summed E-state index contributed by atoms with van der Waals surface area (Å²) < 4.78 is 6.42. The minimum atomic E-state index is -0.683. The second-order valence-electron chi connectivity index (χ2n) is 7.69. The fourth-order valence-corrected chi connectivity index (χ4v) is 4.18. The van der Waals surface area contributed by atoms with Crippen LogP contribution in [-0.2, 0) is 9.59 Å². The van der Waals surface area contributed by atoms with Crippen LogP contribution in [0.25, 0.3) is 5.76 Å². The zero-order valence-corrected chi connectivity index (χ0v) is 20.5. The van der Waals surface area contributed by atoms with Crippen molar-refractivity contribution >= 4 is 33.4 Å². The van der Waals surface area contributed by atoms with Gasteiger partial charge >= 0.3 is 0 Å². The highest BCUT2D eigenvalue weighted by Crippen LogP contribution is 2.39. The quantitative estimate of drug-likeness (QED) is 0.214. The summed E-state index contributed by atoms with van der Waals surface area (Å²) in [6, 6.07) is 13.6. The number of hydrogen-bond acceptors (Lipinski definition) is 5. The molecule has 0 spiro atoms. The number of halogens is 1. The molecule has 6 nitrogen and oxygen atoms in total. The van der Waals surface area contributed by atoms with E-state index in [-0.39, 0.29) is 11.3 Å². The van der Waals surface area contributed by atoms with Crippen LogP contribution < -0.4 is 4.74 Å². The molecule has 0 radical (unpaired) electrons. The van der Waals surface area contributed by atoms with Gasteiger partial charge in [-0.2, -0.15) is 0 Å². The molecule has 174 valence electrons. The molecule has 2 aromatic carbocycles. The van der Waals surface area contributed by atoms with Crippen LogP contribution in [0, 0.1) is 0 Å². The van der Waals surface area contributed by atoms with Gasteiger partial charge in [-0.15, -0.1) is 0 Å². The lowest BCUT2D eigenvalue weighted by Crippen LogP contribution is -2.38. The van der Waals surface area contributed by atoms with Crippen molar-refractivity contribution in [2.24, 2.45) is 0 Å². The van der Waals surface area contributed by atoms with Crippen molar-refractivity contribution in [2.75, 3.05) is 32.8 Å². The van der Waals surface area contributed by atoms with Crippen molar-refractivity contribution in [1.29, 1.82) is 0 Å². The van der Waals surface area contributed by atoms with Crippen LogP contribution in [0.15, 0.2) is 71.2 Å². The standard InChI is InChI=1S/C26H29BrN2O4/c1-4-17-33-21-13-9-18(10-14-21)23-22(24(30)19-7-11-20(27)12-8-19)25(31)26(32)29(23)16-15-28(5-2)6-3/h4,7-14,23,30H,1,5-6,15-17H2,2-3H3/b24-22+/t23-/m0/s1. The molecule has 1 N–H and O–H groups in total. The van der Waals surface area contributed by atoms with E-state index in [1.54, 1.807) is 47.4 Å². The number of amides is 1. The molecule has 3 rings (SSSR count). The van der Waals surface area contributed by atoms with Gasteiger partial charge in [0.2, 0.25) is 0 Å². The molecule has 1 amide bonds. The molecule has 1 heterocycles. The van der Waals surface area contributed by atoms with Gasteiger partial charge in [0, 0.05) is 23.1 Å². The summed E-state index contributed by atoms with van der Waals surface area (Å²) in [5, 5.41) is 11.1. The Bertz CT molecular complexity index is 1030. The third-order valence-electron chi connectivity index (χ3n) is 5.77. The number of hydrogen-bond donors (Lipinski definition) is 1. The zero-order valence-electron chi connectivity index (χ0n) is 19.0. The maximum Gasteiger partial charge on any atom is 0.295 e. The molecule has 0 aliphatic carbocycles. The minimum absolute atomic E-state index is 0.0987. The maximum absolute atomic E-state index is 13.1. The van der Waals surface area contributed by atoms with Crippen LogP contribution in [0.2, 0.25) is 0 Å². The van der Waals surface area contributed by atoms with Crippen molar-refractivity contribution in [3.63, 3.8) is 0 Å². The predicted molar refractivity (Wildman–Crippen MR) is 133 cm³/mol. The SMILES string of the molecule is C=CCOc1ccc([C@H]2/C(=C(\O)c3ccc(Br)cc3)C(=O)C(=O)N2CCN(CC)CC)cc1. The van der Waals surface area contributed by atoms with Crippen LogP contribution in [0.5, 0.6) is 5.75 Å². The molecular weight excluding hydrogens is 484 g/mol. The van der Waals surface area contributed by atoms with Gasteiger partial charge in [0.15, 0.2) is 0 Å². The highest BCUT2D eigenvalue weighted by molar-refractivity contribution is 9.10. The topological polar surface area (TPSA) is 70.1 Å². The van der Waals surface area contributed by atoms with Crippen molar-refractivity contribution in [1.82, 2.24) is 9.80 Å². The number of aliphatic hydroxyl groups is 1. The predicted octanol–water partition coefficient (Wildman–Crippen LogP) is 4.78. The Morgan fingerprint density at radius 2 is 1.76 bits per heavy atom. The zero-order chi connectivity index (χ0) is 24.0. The smallest absolute Gasteiger partial charge is 0.295 e. The number of ether oxygens (including phenoxy) is 1. The van der Waals surface area contributed by atoms with Crippen LogP contribution in [0.3, 0.4) is 0 Å². The maximum atomic E-state index is 13.1. The van der Waals surface area contributed by atoms with Crippen LogP contribution in [0.1, 0.15) is 31.0 Å². The first-order chi connectivity index (χ1) is 15.9. The number of carbonyl (C=O) groups excluding carboxylic acids is 2. The number of Topliss-reactive ketones (excluding diaryl/α,β-unsaturated/α-hetero) is 1. The van der Waals surface area contributed by atoms with Gasteiger partial charge < -0.3 is 19.6 Å². The van der Waals surface area contributed by atoms with Crippen LogP contribution >= 0.6 is 15.9 Å². The highest BCUT2D eigenvalue weighted by atomic mass is 79.9. The summed E-state index contributed by atoms with van der Waals surface area (Å²) >= 11 is 3.38. The Morgan fingerprint density at radius 1 is 1.12 bits per heavy atom. The summed E-state index contributed by atoms with van der Waals surface area (Å²) in [6.45, 7) is 10.9. The summed E-state index contributed by atoms with van der Waals surface area (Å²) in [7, 11) is 0. The van der Waals surface area contributed by atoms with E-state index in [1.807, 2.05) is 12.1 Å². The summed E-state index contributed by atoms with van der Waals surface area (Å²) in [5.41, 5.74) is 1.32. The normalized spacial score (nSPS) is 17.6.